The van der Waals surface area contributed by atoms with E-state index in [0.717, 1.165) is 0 Å². The fourth-order valence-corrected chi connectivity index (χ4v) is 0.135. The van der Waals surface area contributed by atoms with Crippen LogP contribution in [0.25, 0.3) is 0 Å². The van der Waals surface area contributed by atoms with Crippen molar-refractivity contribution in [2.24, 2.45) is 0 Å². The number of aliphatic hydroxyl groups is 2. The maximum absolute atomic E-state index is 9.66. The summed E-state index contributed by atoms with van der Waals surface area (Å²) in [5, 5.41) is 37.8. The van der Waals surface area contributed by atoms with Gasteiger partial charge in [-0.25, -0.2) is 9.59 Å². The minimum Gasteiger partial charge on any atom is -0.483 e. The minimum atomic E-state index is -1.59. The van der Waals surface area contributed by atoms with Gasteiger partial charge < -0.3 is 25.5 Å². The summed E-state index contributed by atoms with van der Waals surface area (Å²) in [5.41, 5.74) is 0. The first-order chi connectivity index (χ1) is 7.78. The van der Waals surface area contributed by atoms with Gasteiger partial charge in [0.25, 0.3) is 18.0 Å². The second-order valence-electron chi connectivity index (χ2n) is 1.88. The molecule has 0 aromatic rings. The molecule has 0 aromatic carbocycles. The number of aliphatic carboxylic acids is 2. The van der Waals surface area contributed by atoms with Crippen LogP contribution in [0.1, 0.15) is 0 Å². The zero-order valence-electron chi connectivity index (χ0n) is 8.27. The maximum Gasteiger partial charge on any atom is 0.374 e. The fourth-order valence-electron chi connectivity index (χ4n) is 0.135. The van der Waals surface area contributed by atoms with Gasteiger partial charge in [0.2, 0.25) is 0 Å². The Morgan fingerprint density at radius 2 is 1.00 bits per heavy atom. The van der Waals surface area contributed by atoms with E-state index in [9.17, 15) is 19.2 Å². The summed E-state index contributed by atoms with van der Waals surface area (Å²) >= 11 is 0. The second kappa shape index (κ2) is 13.7. The van der Waals surface area contributed by atoms with Crippen LogP contribution in [0.5, 0.6) is 0 Å². The molecule has 0 spiro atoms. The Bertz CT molecular complexity index is 254. The molecule has 5 N–H and O–H groups in total. The lowest BCUT2D eigenvalue weighted by molar-refractivity contribution is -0.150. The molecule has 98 valence electrons. The summed E-state index contributed by atoms with van der Waals surface area (Å²) < 4.78 is 0. The van der Waals surface area contributed by atoms with Gasteiger partial charge in [0, 0.05) is 0 Å². The Morgan fingerprint density at radius 3 is 1.00 bits per heavy atom. The van der Waals surface area contributed by atoms with Crippen LogP contribution in [0.15, 0.2) is 0 Å². The van der Waals surface area contributed by atoms with E-state index in [4.69, 9.17) is 30.3 Å². The molecular weight excluding hydrogens is 244 g/mol. The number of carboxylic acids is 2. The number of hydrogen-bond donors (Lipinski definition) is 5. The van der Waals surface area contributed by atoms with Gasteiger partial charge in [-0.1, -0.05) is 0 Å². The van der Waals surface area contributed by atoms with Gasteiger partial charge in [0.05, 0.1) is 0 Å². The molecule has 0 aliphatic carbocycles. The minimum absolute atomic E-state index is 0.250. The van der Waals surface area contributed by atoms with Crippen LogP contribution in [0, 0.1) is 0 Å². The highest BCUT2D eigenvalue weighted by atomic mass is 16.4. The quantitative estimate of drug-likeness (QED) is 0.255. The molecule has 0 radical (unpaired) electrons. The van der Waals surface area contributed by atoms with E-state index in [1.165, 1.54) is 0 Å². The number of carboxylic acid groups (broad SMARTS) is 3. The summed E-state index contributed by atoms with van der Waals surface area (Å²) in [6, 6.07) is 0. The third-order valence-electron chi connectivity index (χ3n) is 0.764. The molecule has 0 atom stereocenters. The van der Waals surface area contributed by atoms with Crippen LogP contribution in [-0.4, -0.2) is 68.7 Å². The van der Waals surface area contributed by atoms with E-state index < -0.39 is 36.7 Å². The SMILES string of the molecule is O=C(O)C(=O)CO.O=C(O)C(=O)CO.O=CO. The normalized spacial score (nSPS) is 7.41. The zero-order chi connectivity index (χ0) is 14.4. The lowest BCUT2D eigenvalue weighted by Crippen LogP contribution is -2.15. The van der Waals surface area contributed by atoms with Gasteiger partial charge in [0.15, 0.2) is 0 Å². The van der Waals surface area contributed by atoms with Crippen molar-refractivity contribution in [2.75, 3.05) is 13.2 Å². The highest BCUT2D eigenvalue weighted by Crippen LogP contribution is 1.65. The average Bonchev–Trinajstić information content (AvgIpc) is 2.28. The molecule has 0 aromatic heterocycles. The van der Waals surface area contributed by atoms with Gasteiger partial charge in [-0.3, -0.25) is 14.4 Å². The van der Waals surface area contributed by atoms with Crippen molar-refractivity contribution in [3.05, 3.63) is 0 Å². The van der Waals surface area contributed by atoms with Crippen LogP contribution < -0.4 is 0 Å². The molecule has 10 nitrogen and oxygen atoms in total. The Balaban J connectivity index is -0.000000188. The number of Topliss-reactive ketones (excluding diaryl/α,β-unsaturated/α-hetero) is 2. The number of carbonyl (C=O) groups excluding carboxylic acids is 2. The molecule has 0 saturated heterocycles. The molecule has 0 saturated carbocycles. The summed E-state index contributed by atoms with van der Waals surface area (Å²) in [7, 11) is 0. The van der Waals surface area contributed by atoms with Crippen molar-refractivity contribution in [2.45, 2.75) is 0 Å². The Labute approximate surface area is 93.7 Å². The summed E-state index contributed by atoms with van der Waals surface area (Å²) in [4.78, 5) is 46.5. The van der Waals surface area contributed by atoms with E-state index in [1.54, 1.807) is 0 Å². The van der Waals surface area contributed by atoms with E-state index in [-0.39, 0.29) is 6.47 Å². The summed E-state index contributed by atoms with van der Waals surface area (Å²) in [6.07, 6.45) is 0. The summed E-state index contributed by atoms with van der Waals surface area (Å²) in [5.74, 6) is -5.55. The Kier molecular flexibility index (Phi) is 16.2. The molecule has 0 rings (SSSR count). The van der Waals surface area contributed by atoms with Gasteiger partial charge in [-0.15, -0.1) is 0 Å². The molecule has 0 amide bonds. The Hall–Kier alpha value is -2.33. The van der Waals surface area contributed by atoms with Gasteiger partial charge in [0.1, 0.15) is 13.2 Å². The second-order valence-corrected chi connectivity index (χ2v) is 1.88. The van der Waals surface area contributed by atoms with Gasteiger partial charge in [-0.2, -0.15) is 0 Å². The highest BCUT2D eigenvalue weighted by Gasteiger charge is 2.07. The first-order valence-electron chi connectivity index (χ1n) is 3.60. The van der Waals surface area contributed by atoms with Crippen LogP contribution in [0.3, 0.4) is 0 Å². The first kappa shape index (κ1) is 20.1. The monoisotopic (exact) mass is 254 g/mol. The van der Waals surface area contributed by atoms with Crippen LogP contribution in [0.2, 0.25) is 0 Å². The van der Waals surface area contributed by atoms with E-state index in [1.807, 2.05) is 0 Å². The van der Waals surface area contributed by atoms with Crippen molar-refractivity contribution in [3.8, 4) is 0 Å². The molecule has 0 fully saturated rings. The first-order valence-corrected chi connectivity index (χ1v) is 3.60. The topological polar surface area (TPSA) is 186 Å². The average molecular weight is 254 g/mol. The van der Waals surface area contributed by atoms with Gasteiger partial charge in [-0.05, 0) is 0 Å². The zero-order valence-corrected chi connectivity index (χ0v) is 8.27. The molecule has 10 heteroatoms. The van der Waals surface area contributed by atoms with Crippen LogP contribution in [0.4, 0.5) is 0 Å². The highest BCUT2D eigenvalue weighted by molar-refractivity contribution is 6.33. The lowest BCUT2D eigenvalue weighted by atomic mass is 10.4. The molecule has 17 heavy (non-hydrogen) atoms. The predicted molar refractivity (Wildman–Crippen MR) is 48.2 cm³/mol. The number of ketones is 2. The van der Waals surface area contributed by atoms with Crippen molar-refractivity contribution in [1.29, 1.82) is 0 Å². The molecule has 0 heterocycles. The van der Waals surface area contributed by atoms with Crippen LogP contribution >= 0.6 is 0 Å². The van der Waals surface area contributed by atoms with E-state index in [2.05, 4.69) is 0 Å². The predicted octanol–water partition coefficient (Wildman–Crippen LogP) is -3.03. The standard InChI is InChI=1S/2C3H4O4.CH2O2/c2*4-1-2(5)3(6)7;2-1-3/h2*4H,1H2,(H,6,7);1H,(H,2,3). The van der Waals surface area contributed by atoms with Crippen molar-refractivity contribution in [1.82, 2.24) is 0 Å². The van der Waals surface area contributed by atoms with Crippen molar-refractivity contribution >= 4 is 30.0 Å². The summed E-state index contributed by atoms with van der Waals surface area (Å²) in [6.45, 7) is -2.09. The Morgan fingerprint density at radius 1 is 0.824 bits per heavy atom. The number of aliphatic hydroxyl groups excluding tert-OH is 2. The third kappa shape index (κ3) is 19.9. The molecular formula is C7H10O10. The third-order valence-corrected chi connectivity index (χ3v) is 0.764. The van der Waals surface area contributed by atoms with Crippen molar-refractivity contribution in [3.63, 3.8) is 0 Å². The van der Waals surface area contributed by atoms with E-state index in [0.29, 0.717) is 0 Å². The molecule has 0 aliphatic rings. The van der Waals surface area contributed by atoms with Crippen LogP contribution in [-0.2, 0) is 24.0 Å². The molecule has 0 bridgehead atoms. The number of carbonyl (C=O) groups is 5. The molecule has 0 unspecified atom stereocenters. The molecule has 0 aliphatic heterocycles. The van der Waals surface area contributed by atoms with Gasteiger partial charge >= 0.3 is 11.9 Å². The largest absolute Gasteiger partial charge is 0.483 e. The maximum atomic E-state index is 9.66. The van der Waals surface area contributed by atoms with E-state index >= 15 is 0 Å². The number of hydrogen-bond acceptors (Lipinski definition) is 7. The van der Waals surface area contributed by atoms with Crippen molar-refractivity contribution < 1.29 is 49.5 Å². The lowest BCUT2D eigenvalue weighted by Gasteiger charge is -1.80. The number of rotatable bonds is 4. The fraction of sp³-hybridized carbons (Fsp3) is 0.286. The smallest absolute Gasteiger partial charge is 0.374 e.